The molecule has 4 atom stereocenters. The predicted molar refractivity (Wildman–Crippen MR) is 134 cm³/mol. The first-order valence-electron chi connectivity index (χ1n) is 12.6. The van der Waals surface area contributed by atoms with Crippen LogP contribution in [0, 0.1) is 17.6 Å². The van der Waals surface area contributed by atoms with Crippen LogP contribution in [0.25, 0.3) is 0 Å². The molecule has 2 aliphatic heterocycles. The third-order valence-corrected chi connectivity index (χ3v) is 7.52. The van der Waals surface area contributed by atoms with Gasteiger partial charge < -0.3 is 19.6 Å². The molecule has 0 spiro atoms. The molecule has 2 aromatic carbocycles. The molecule has 2 aliphatic rings. The summed E-state index contributed by atoms with van der Waals surface area (Å²) in [6, 6.07) is 16.4. The van der Waals surface area contributed by atoms with E-state index in [1.54, 1.807) is 23.2 Å². The monoisotopic (exact) mass is 508 g/mol. The Morgan fingerprint density at radius 2 is 1.92 bits per heavy atom. The van der Waals surface area contributed by atoms with E-state index in [1.165, 1.54) is 12.1 Å². The lowest BCUT2D eigenvalue weighted by molar-refractivity contribution is -0.165. The van der Waals surface area contributed by atoms with Gasteiger partial charge in [-0.3, -0.25) is 4.79 Å². The molecule has 194 valence electrons. The predicted octanol–water partition coefficient (Wildman–Crippen LogP) is 3.50. The third-order valence-electron chi connectivity index (χ3n) is 7.52. The number of halogens is 2. The van der Waals surface area contributed by atoms with Crippen LogP contribution in [0.5, 0.6) is 0 Å². The largest absolute Gasteiger partial charge is 0.382 e. The van der Waals surface area contributed by atoms with E-state index >= 15 is 0 Å². The fourth-order valence-electron chi connectivity index (χ4n) is 5.61. The second kappa shape index (κ2) is 10.5. The highest BCUT2D eigenvalue weighted by Crippen LogP contribution is 2.40. The normalized spacial score (nSPS) is 25.9. The summed E-state index contributed by atoms with van der Waals surface area (Å²) >= 11 is 0. The Labute approximate surface area is 214 Å². The average molecular weight is 509 g/mol. The van der Waals surface area contributed by atoms with Crippen molar-refractivity contribution in [2.45, 2.75) is 31.0 Å². The lowest BCUT2D eigenvalue weighted by Crippen LogP contribution is -2.57. The Hall–Kier alpha value is -3.43. The number of carbonyl (C=O) groups excluding carboxylic acids is 1. The lowest BCUT2D eigenvalue weighted by atomic mass is 9.81. The zero-order valence-electron chi connectivity index (χ0n) is 20.6. The molecule has 2 saturated heterocycles. The van der Waals surface area contributed by atoms with E-state index in [4.69, 9.17) is 4.74 Å². The number of benzene rings is 2. The van der Waals surface area contributed by atoms with Crippen LogP contribution in [-0.4, -0.2) is 65.0 Å². The van der Waals surface area contributed by atoms with E-state index in [1.807, 2.05) is 42.2 Å². The van der Waals surface area contributed by atoms with Gasteiger partial charge >= 0.3 is 0 Å². The summed E-state index contributed by atoms with van der Waals surface area (Å²) < 4.78 is 34.5. The highest BCUT2D eigenvalue weighted by Gasteiger charge is 2.48. The average Bonchev–Trinajstić information content (AvgIpc) is 3.36. The first-order valence-corrected chi connectivity index (χ1v) is 12.6. The molecule has 0 saturated carbocycles. The Kier molecular flexibility index (Phi) is 7.17. The minimum absolute atomic E-state index is 0.153. The van der Waals surface area contributed by atoms with Crippen molar-refractivity contribution < 1.29 is 23.4 Å². The number of hydrogen-bond donors (Lipinski definition) is 1. The van der Waals surface area contributed by atoms with Crippen LogP contribution in [0.3, 0.4) is 0 Å². The highest BCUT2D eigenvalue weighted by molar-refractivity contribution is 5.82. The van der Waals surface area contributed by atoms with Gasteiger partial charge in [-0.1, -0.05) is 36.4 Å². The maximum Gasteiger partial charge on any atom is 0.228 e. The van der Waals surface area contributed by atoms with Crippen molar-refractivity contribution in [3.05, 3.63) is 89.6 Å². The summed E-state index contributed by atoms with van der Waals surface area (Å²) in [5.41, 5.74) is -0.176. The minimum atomic E-state index is -1.22. The van der Waals surface area contributed by atoms with Crippen LogP contribution >= 0.6 is 0 Å². The summed E-state index contributed by atoms with van der Waals surface area (Å²) in [5, 5.41) is 19.7. The van der Waals surface area contributed by atoms with Crippen molar-refractivity contribution in [2.75, 3.05) is 37.7 Å². The number of piperidine rings is 1. The van der Waals surface area contributed by atoms with E-state index in [0.717, 1.165) is 11.6 Å². The molecular weight excluding hydrogens is 478 g/mol. The van der Waals surface area contributed by atoms with Crippen molar-refractivity contribution in [2.24, 2.45) is 5.92 Å². The summed E-state index contributed by atoms with van der Waals surface area (Å²) in [7, 11) is 0. The van der Waals surface area contributed by atoms with Gasteiger partial charge in [0, 0.05) is 50.8 Å². The summed E-state index contributed by atoms with van der Waals surface area (Å²) in [6.07, 6.45) is 1.26. The Balaban J connectivity index is 1.43. The van der Waals surface area contributed by atoms with Crippen molar-refractivity contribution in [3.63, 3.8) is 0 Å². The highest BCUT2D eigenvalue weighted by atomic mass is 19.1. The molecule has 2 fully saturated rings. The zero-order chi connectivity index (χ0) is 26.0. The number of aromatic nitrogens is 2. The van der Waals surface area contributed by atoms with Crippen molar-refractivity contribution in [1.29, 1.82) is 0 Å². The van der Waals surface area contributed by atoms with Crippen LogP contribution in [-0.2, 0) is 15.1 Å². The zero-order valence-corrected chi connectivity index (χ0v) is 20.6. The number of rotatable bonds is 6. The van der Waals surface area contributed by atoms with Gasteiger partial charge in [-0.15, -0.1) is 5.10 Å². The maximum atomic E-state index is 14.9. The third kappa shape index (κ3) is 4.93. The van der Waals surface area contributed by atoms with E-state index in [0.29, 0.717) is 44.0 Å². The molecule has 5 rings (SSSR count). The fourth-order valence-corrected chi connectivity index (χ4v) is 5.61. The number of carbonyl (C=O) groups is 1. The number of ether oxygens (including phenoxy) is 1. The number of aliphatic hydroxyl groups is 1. The van der Waals surface area contributed by atoms with Gasteiger partial charge in [0.2, 0.25) is 5.91 Å². The van der Waals surface area contributed by atoms with Crippen LogP contribution in [0.2, 0.25) is 0 Å². The second-order valence-corrected chi connectivity index (χ2v) is 9.63. The molecular formula is C28H30F2N4O3. The molecule has 3 heterocycles. The smallest absolute Gasteiger partial charge is 0.228 e. The second-order valence-electron chi connectivity index (χ2n) is 9.63. The number of anilines is 1. The SMILES string of the molecule is CCO[C@@H]1CN(C(=O)[C@@H]2CN(c3cccnn3)C[C@H]2c2ccc(F)cc2F)CC[C@@]1(O)c1ccccc1. The maximum absolute atomic E-state index is 14.9. The van der Waals surface area contributed by atoms with E-state index in [2.05, 4.69) is 10.2 Å². The summed E-state index contributed by atoms with van der Waals surface area (Å²) in [6.45, 7) is 3.43. The molecule has 7 nitrogen and oxygen atoms in total. The van der Waals surface area contributed by atoms with E-state index in [-0.39, 0.29) is 12.5 Å². The van der Waals surface area contributed by atoms with E-state index in [9.17, 15) is 18.7 Å². The molecule has 0 bridgehead atoms. The van der Waals surface area contributed by atoms with Crippen LogP contribution in [0.1, 0.15) is 30.4 Å². The molecule has 0 unspecified atom stereocenters. The molecule has 0 aliphatic carbocycles. The van der Waals surface area contributed by atoms with Crippen molar-refractivity contribution >= 4 is 11.7 Å². The van der Waals surface area contributed by atoms with Crippen molar-refractivity contribution in [3.8, 4) is 0 Å². The van der Waals surface area contributed by atoms with Crippen molar-refractivity contribution in [1.82, 2.24) is 15.1 Å². The Morgan fingerprint density at radius 1 is 1.11 bits per heavy atom. The Morgan fingerprint density at radius 3 is 2.62 bits per heavy atom. The minimum Gasteiger partial charge on any atom is -0.382 e. The molecule has 1 amide bonds. The van der Waals surface area contributed by atoms with Crippen LogP contribution < -0.4 is 4.90 Å². The molecule has 37 heavy (non-hydrogen) atoms. The molecule has 3 aromatic rings. The van der Waals surface area contributed by atoms with Gasteiger partial charge in [-0.05, 0) is 36.2 Å². The molecule has 1 N–H and O–H groups in total. The summed E-state index contributed by atoms with van der Waals surface area (Å²) in [5.74, 6) is -1.99. The van der Waals surface area contributed by atoms with Crippen LogP contribution in [0.15, 0.2) is 66.9 Å². The van der Waals surface area contributed by atoms with E-state index < -0.39 is 35.2 Å². The fraction of sp³-hybridized carbons (Fsp3) is 0.393. The van der Waals surface area contributed by atoms with Gasteiger partial charge in [-0.2, -0.15) is 5.10 Å². The number of hydrogen-bond acceptors (Lipinski definition) is 6. The van der Waals surface area contributed by atoms with Gasteiger partial charge in [0.05, 0.1) is 12.5 Å². The standard InChI is InChI=1S/C28H30F2N4O3/c1-2-37-25-18-33(14-12-28(25,36)19-7-4-3-5-8-19)27(35)23-17-34(26-9-6-13-31-32-26)16-22(23)21-11-10-20(29)15-24(21)30/h3-11,13,15,22-23,25,36H,2,12,14,16-18H2,1H3/t22-,23+,25+,28+/m0/s1. The quantitative estimate of drug-likeness (QED) is 0.549. The lowest BCUT2D eigenvalue weighted by Gasteiger charge is -2.45. The van der Waals surface area contributed by atoms with Gasteiger partial charge in [-0.25, -0.2) is 8.78 Å². The number of nitrogens with zero attached hydrogens (tertiary/aromatic N) is 4. The first kappa shape index (κ1) is 25.2. The first-order chi connectivity index (χ1) is 17.9. The number of amides is 1. The topological polar surface area (TPSA) is 78.8 Å². The molecule has 1 aromatic heterocycles. The molecule has 9 heteroatoms. The van der Waals surface area contributed by atoms with Gasteiger partial charge in [0.15, 0.2) is 5.82 Å². The van der Waals surface area contributed by atoms with Gasteiger partial charge in [0.1, 0.15) is 23.3 Å². The van der Waals surface area contributed by atoms with Crippen LogP contribution in [0.4, 0.5) is 14.6 Å². The summed E-state index contributed by atoms with van der Waals surface area (Å²) in [4.78, 5) is 17.6. The Bertz CT molecular complexity index is 1230. The molecule has 0 radical (unpaired) electrons. The number of likely N-dealkylation sites (tertiary alicyclic amines) is 1. The van der Waals surface area contributed by atoms with Gasteiger partial charge in [0.25, 0.3) is 0 Å².